The monoisotopic (exact) mass is 483 g/mol. The second-order valence-electron chi connectivity index (χ2n) is 6.55. The van der Waals surface area contributed by atoms with Crippen LogP contribution in [0.5, 0.6) is 5.75 Å². The molecule has 0 aliphatic carbocycles. The molecule has 1 fully saturated rings. The highest BCUT2D eigenvalue weighted by molar-refractivity contribution is 9.10. The molecule has 1 heterocycles. The van der Waals surface area contributed by atoms with Gasteiger partial charge >= 0.3 is 0 Å². The minimum atomic E-state index is -0.526. The molecule has 0 aromatic heterocycles. The number of nitrogens with zero attached hydrogens (tertiary/aromatic N) is 2. The molecule has 9 heteroatoms. The summed E-state index contributed by atoms with van der Waals surface area (Å²) >= 11 is 9.22. The first-order valence-electron chi connectivity index (χ1n) is 9.05. The molecule has 2 aromatic carbocycles. The van der Waals surface area contributed by atoms with E-state index in [-0.39, 0.29) is 30.7 Å². The molecule has 0 bridgehead atoms. The Balaban J connectivity index is 1.42. The van der Waals surface area contributed by atoms with Gasteiger partial charge in [-0.3, -0.25) is 14.5 Å². The maximum Gasteiger partial charge on any atom is 0.260 e. The van der Waals surface area contributed by atoms with Gasteiger partial charge < -0.3 is 15.0 Å². The Labute approximate surface area is 181 Å². The van der Waals surface area contributed by atoms with Gasteiger partial charge in [0.15, 0.2) is 18.2 Å². The number of piperazine rings is 1. The quantitative estimate of drug-likeness (QED) is 0.683. The van der Waals surface area contributed by atoms with Crippen molar-refractivity contribution in [2.24, 2.45) is 0 Å². The van der Waals surface area contributed by atoms with Crippen LogP contribution in [-0.4, -0.2) is 60.9 Å². The van der Waals surface area contributed by atoms with E-state index in [0.717, 1.165) is 0 Å². The summed E-state index contributed by atoms with van der Waals surface area (Å²) in [7, 11) is 0. The number of nitrogens with one attached hydrogen (secondary N) is 1. The first kappa shape index (κ1) is 21.5. The fourth-order valence-corrected chi connectivity index (χ4v) is 3.45. The van der Waals surface area contributed by atoms with Crippen LogP contribution < -0.4 is 10.1 Å². The van der Waals surface area contributed by atoms with Gasteiger partial charge in [-0.1, -0.05) is 39.7 Å². The van der Waals surface area contributed by atoms with Gasteiger partial charge in [0.1, 0.15) is 0 Å². The molecule has 29 heavy (non-hydrogen) atoms. The molecule has 2 amide bonds. The Bertz CT molecular complexity index is 891. The fraction of sp³-hybridized carbons (Fsp3) is 0.300. The highest BCUT2D eigenvalue weighted by Gasteiger charge is 2.23. The van der Waals surface area contributed by atoms with Crippen LogP contribution >= 0.6 is 27.5 Å². The van der Waals surface area contributed by atoms with Gasteiger partial charge in [0, 0.05) is 30.7 Å². The molecule has 6 nitrogen and oxygen atoms in total. The van der Waals surface area contributed by atoms with Gasteiger partial charge in [-0.2, -0.15) is 0 Å². The summed E-state index contributed by atoms with van der Waals surface area (Å²) in [6.45, 7) is 2.07. The van der Waals surface area contributed by atoms with Crippen molar-refractivity contribution in [3.63, 3.8) is 0 Å². The minimum Gasteiger partial charge on any atom is -0.481 e. The Morgan fingerprint density at radius 1 is 1.14 bits per heavy atom. The molecule has 0 unspecified atom stereocenters. The Kier molecular flexibility index (Phi) is 7.46. The zero-order valence-electron chi connectivity index (χ0n) is 15.5. The van der Waals surface area contributed by atoms with E-state index in [1.54, 1.807) is 35.2 Å². The largest absolute Gasteiger partial charge is 0.481 e. The van der Waals surface area contributed by atoms with E-state index in [1.165, 1.54) is 12.1 Å². The smallest absolute Gasteiger partial charge is 0.260 e. The standard InChI is InChI=1S/C20H20BrClFN3O3/c21-14-5-6-18(16(23)11-14)29-13-20(28)26-9-7-25(8-10-26)12-19(27)24-17-4-2-1-3-15(17)22/h1-6,11H,7-10,12-13H2,(H,24,27). The predicted octanol–water partition coefficient (Wildman–Crippen LogP) is 3.40. The Morgan fingerprint density at radius 3 is 2.55 bits per heavy atom. The zero-order valence-corrected chi connectivity index (χ0v) is 17.9. The van der Waals surface area contributed by atoms with Crippen molar-refractivity contribution in [1.29, 1.82) is 0 Å². The van der Waals surface area contributed by atoms with Crippen LogP contribution in [0.3, 0.4) is 0 Å². The molecule has 0 saturated carbocycles. The van der Waals surface area contributed by atoms with Crippen LogP contribution in [0.25, 0.3) is 0 Å². The van der Waals surface area contributed by atoms with E-state index < -0.39 is 5.82 Å². The van der Waals surface area contributed by atoms with E-state index in [2.05, 4.69) is 21.2 Å². The Morgan fingerprint density at radius 2 is 1.86 bits per heavy atom. The second-order valence-corrected chi connectivity index (χ2v) is 7.87. The number of hydrogen-bond donors (Lipinski definition) is 1. The van der Waals surface area contributed by atoms with E-state index in [9.17, 15) is 14.0 Å². The van der Waals surface area contributed by atoms with Crippen molar-refractivity contribution < 1.29 is 18.7 Å². The average Bonchev–Trinajstić information content (AvgIpc) is 2.69. The number of ether oxygens (including phenoxy) is 1. The lowest BCUT2D eigenvalue weighted by Crippen LogP contribution is -2.51. The molecule has 0 spiro atoms. The molecule has 2 aromatic rings. The number of carbonyl (C=O) groups is 2. The van der Waals surface area contributed by atoms with Crippen LogP contribution in [0.15, 0.2) is 46.9 Å². The lowest BCUT2D eigenvalue weighted by molar-refractivity contribution is -0.135. The lowest BCUT2D eigenvalue weighted by atomic mass is 10.3. The summed E-state index contributed by atoms with van der Waals surface area (Å²) in [6.07, 6.45) is 0. The molecule has 1 N–H and O–H groups in total. The number of para-hydroxylation sites is 1. The summed E-state index contributed by atoms with van der Waals surface area (Å²) in [5.41, 5.74) is 0.574. The number of benzene rings is 2. The number of rotatable bonds is 6. The molecular formula is C20H20BrClFN3O3. The number of anilines is 1. The van der Waals surface area contributed by atoms with Crippen molar-refractivity contribution >= 4 is 45.0 Å². The first-order valence-corrected chi connectivity index (χ1v) is 10.2. The SMILES string of the molecule is O=C(CN1CCN(C(=O)COc2ccc(Br)cc2F)CC1)Nc1ccccc1Cl. The van der Waals surface area contributed by atoms with E-state index in [4.69, 9.17) is 16.3 Å². The van der Waals surface area contributed by atoms with Crippen LogP contribution in [-0.2, 0) is 9.59 Å². The number of carbonyl (C=O) groups excluding carboxylic acids is 2. The molecular weight excluding hydrogens is 465 g/mol. The highest BCUT2D eigenvalue weighted by Crippen LogP contribution is 2.22. The molecule has 1 aliphatic heterocycles. The van der Waals surface area contributed by atoms with Gasteiger partial charge in [0.2, 0.25) is 5.91 Å². The summed E-state index contributed by atoms with van der Waals surface area (Å²) in [6, 6.07) is 11.5. The Hall–Kier alpha value is -2.16. The second kappa shape index (κ2) is 10.0. The summed E-state index contributed by atoms with van der Waals surface area (Å²) in [5.74, 6) is -0.864. The molecule has 1 aliphatic rings. The van der Waals surface area contributed by atoms with E-state index >= 15 is 0 Å². The average molecular weight is 485 g/mol. The number of halogens is 3. The van der Waals surface area contributed by atoms with Crippen molar-refractivity contribution in [2.45, 2.75) is 0 Å². The normalized spacial score (nSPS) is 14.5. The molecule has 3 rings (SSSR count). The summed E-state index contributed by atoms with van der Waals surface area (Å²) < 4.78 is 19.7. The first-order chi connectivity index (χ1) is 13.9. The molecule has 1 saturated heterocycles. The third-order valence-corrected chi connectivity index (χ3v) is 5.31. The number of hydrogen-bond acceptors (Lipinski definition) is 4. The maximum atomic E-state index is 13.8. The zero-order chi connectivity index (χ0) is 20.8. The molecule has 154 valence electrons. The van der Waals surface area contributed by atoms with Gasteiger partial charge in [0.05, 0.1) is 17.3 Å². The summed E-state index contributed by atoms with van der Waals surface area (Å²) in [4.78, 5) is 28.1. The lowest BCUT2D eigenvalue weighted by Gasteiger charge is -2.34. The van der Waals surface area contributed by atoms with Gasteiger partial charge in [-0.25, -0.2) is 4.39 Å². The maximum absolute atomic E-state index is 13.8. The third-order valence-electron chi connectivity index (χ3n) is 4.49. The van der Waals surface area contributed by atoms with Crippen LogP contribution in [0.1, 0.15) is 0 Å². The van der Waals surface area contributed by atoms with Crippen molar-refractivity contribution in [2.75, 3.05) is 44.6 Å². The molecule has 0 atom stereocenters. The van der Waals surface area contributed by atoms with Crippen molar-refractivity contribution in [3.05, 3.63) is 57.8 Å². The van der Waals surface area contributed by atoms with Gasteiger partial charge in [-0.05, 0) is 30.3 Å². The van der Waals surface area contributed by atoms with Crippen LogP contribution in [0.2, 0.25) is 5.02 Å². The highest BCUT2D eigenvalue weighted by atomic mass is 79.9. The fourth-order valence-electron chi connectivity index (χ4n) is 2.93. The van der Waals surface area contributed by atoms with Crippen molar-refractivity contribution in [1.82, 2.24) is 9.80 Å². The van der Waals surface area contributed by atoms with Crippen LogP contribution in [0.4, 0.5) is 10.1 Å². The third kappa shape index (κ3) is 6.16. The number of amides is 2. The predicted molar refractivity (Wildman–Crippen MR) is 113 cm³/mol. The van der Waals surface area contributed by atoms with E-state index in [0.29, 0.717) is 41.4 Å². The van der Waals surface area contributed by atoms with Gasteiger partial charge in [-0.15, -0.1) is 0 Å². The minimum absolute atomic E-state index is 0.0384. The topological polar surface area (TPSA) is 61.9 Å². The van der Waals surface area contributed by atoms with E-state index in [1.807, 2.05) is 4.90 Å². The van der Waals surface area contributed by atoms with Crippen LogP contribution in [0, 0.1) is 5.82 Å². The summed E-state index contributed by atoms with van der Waals surface area (Å²) in [5, 5.41) is 3.27. The molecule has 0 radical (unpaired) electrons. The van der Waals surface area contributed by atoms with Gasteiger partial charge in [0.25, 0.3) is 5.91 Å². The van der Waals surface area contributed by atoms with Crippen molar-refractivity contribution in [3.8, 4) is 5.75 Å².